The van der Waals surface area contributed by atoms with Gasteiger partial charge >= 0.3 is 0 Å². The summed E-state index contributed by atoms with van der Waals surface area (Å²) in [5.74, 6) is 0. The molecule has 1 nitrogen and oxygen atoms in total. The van der Waals surface area contributed by atoms with Crippen LogP contribution < -0.4 is 0 Å². The molecule has 0 aromatic heterocycles. The Morgan fingerprint density at radius 3 is 2.00 bits per heavy atom. The van der Waals surface area contributed by atoms with E-state index in [-0.39, 0.29) is 0 Å². The number of hydrogen-bond donors (Lipinski definition) is 0. The molecule has 0 N–H and O–H groups in total. The van der Waals surface area contributed by atoms with E-state index in [9.17, 15) is 4.57 Å². The molecule has 0 radical (unpaired) electrons. The molecule has 0 bridgehead atoms. The minimum Gasteiger partial charge on any atom is -0.320 e. The summed E-state index contributed by atoms with van der Waals surface area (Å²) in [4.78, 5) is 0. The molecule has 0 aromatic carbocycles. The van der Waals surface area contributed by atoms with Crippen LogP contribution in [0.1, 0.15) is 13.3 Å². The molecule has 0 saturated heterocycles. The van der Waals surface area contributed by atoms with Crippen molar-refractivity contribution in [2.75, 3.05) is 13.3 Å². The summed E-state index contributed by atoms with van der Waals surface area (Å²) in [5.41, 5.74) is 0. The van der Waals surface area contributed by atoms with Crippen molar-refractivity contribution < 1.29 is 4.57 Å². The molecule has 0 aliphatic heterocycles. The molecule has 0 aromatic rings. The van der Waals surface area contributed by atoms with Crippen molar-refractivity contribution in [1.29, 1.82) is 0 Å². The smallest absolute Gasteiger partial charge is 0.105 e. The average molecular weight is 132 g/mol. The molecule has 2 heteroatoms. The van der Waals surface area contributed by atoms with Gasteiger partial charge in [-0.2, -0.15) is 0 Å². The molecule has 48 valence electrons. The maximum absolute atomic E-state index is 11.0. The van der Waals surface area contributed by atoms with Crippen LogP contribution in [-0.4, -0.2) is 13.3 Å². The standard InChI is InChI=1S/C6H13OP/c1-5-6(2)8(3,4)7/h2,5H2,1,3-4H3. The van der Waals surface area contributed by atoms with Gasteiger partial charge in [-0.1, -0.05) is 13.5 Å². The summed E-state index contributed by atoms with van der Waals surface area (Å²) in [6, 6.07) is 0. The van der Waals surface area contributed by atoms with Crippen molar-refractivity contribution in [1.82, 2.24) is 0 Å². The fourth-order valence-corrected chi connectivity index (χ4v) is 1.14. The second kappa shape index (κ2) is 2.50. The highest BCUT2D eigenvalue weighted by Gasteiger charge is 2.08. The summed E-state index contributed by atoms with van der Waals surface area (Å²) < 4.78 is 11.0. The third-order valence-corrected chi connectivity index (χ3v) is 3.01. The van der Waals surface area contributed by atoms with Crippen LogP contribution in [0.25, 0.3) is 0 Å². The van der Waals surface area contributed by atoms with Gasteiger partial charge in [0.25, 0.3) is 0 Å². The van der Waals surface area contributed by atoms with Crippen LogP contribution in [0.3, 0.4) is 0 Å². The first-order chi connectivity index (χ1) is 3.48. The fraction of sp³-hybridized carbons (Fsp3) is 0.667. The monoisotopic (exact) mass is 132 g/mol. The summed E-state index contributed by atoms with van der Waals surface area (Å²) in [7, 11) is -1.95. The van der Waals surface area contributed by atoms with Gasteiger partial charge < -0.3 is 4.57 Å². The first-order valence-electron chi connectivity index (χ1n) is 2.71. The highest BCUT2D eigenvalue weighted by atomic mass is 31.2. The average Bonchev–Trinajstić information content (AvgIpc) is 1.62. The quantitative estimate of drug-likeness (QED) is 0.527. The molecule has 0 spiro atoms. The van der Waals surface area contributed by atoms with Crippen LogP contribution in [0.15, 0.2) is 11.9 Å². The lowest BCUT2D eigenvalue weighted by atomic mass is 10.5. The molecular formula is C6H13OP. The van der Waals surface area contributed by atoms with Gasteiger partial charge in [-0.3, -0.25) is 0 Å². The lowest BCUT2D eigenvalue weighted by Crippen LogP contribution is -1.77. The maximum atomic E-state index is 11.0. The van der Waals surface area contributed by atoms with E-state index in [4.69, 9.17) is 0 Å². The Morgan fingerprint density at radius 2 is 2.00 bits per heavy atom. The highest BCUT2D eigenvalue weighted by molar-refractivity contribution is 7.66. The second-order valence-electron chi connectivity index (χ2n) is 2.27. The van der Waals surface area contributed by atoms with Crippen molar-refractivity contribution in [2.45, 2.75) is 13.3 Å². The van der Waals surface area contributed by atoms with E-state index in [0.29, 0.717) is 0 Å². The predicted molar refractivity (Wildman–Crippen MR) is 38.9 cm³/mol. The molecule has 0 atom stereocenters. The van der Waals surface area contributed by atoms with Gasteiger partial charge in [0, 0.05) is 0 Å². The molecule has 0 unspecified atom stereocenters. The molecule has 0 aliphatic carbocycles. The van der Waals surface area contributed by atoms with Crippen LogP contribution in [-0.2, 0) is 4.57 Å². The Hall–Kier alpha value is -0.0300. The Kier molecular flexibility index (Phi) is 2.49. The Balaban J connectivity index is 4.04. The van der Waals surface area contributed by atoms with Crippen LogP contribution in [0.2, 0.25) is 0 Å². The Bertz CT molecular complexity index is 131. The van der Waals surface area contributed by atoms with E-state index in [1.807, 2.05) is 6.92 Å². The molecule has 0 saturated carbocycles. The van der Waals surface area contributed by atoms with Gasteiger partial charge in [-0.15, -0.1) is 0 Å². The third-order valence-electron chi connectivity index (χ3n) is 1.17. The van der Waals surface area contributed by atoms with Crippen molar-refractivity contribution in [3.63, 3.8) is 0 Å². The topological polar surface area (TPSA) is 17.1 Å². The van der Waals surface area contributed by atoms with Gasteiger partial charge in [-0.25, -0.2) is 0 Å². The molecular weight excluding hydrogens is 119 g/mol. The Morgan fingerprint density at radius 1 is 1.62 bits per heavy atom. The SMILES string of the molecule is C=C(CC)P(C)(C)=O. The zero-order chi connectivity index (χ0) is 6.78. The molecule has 0 aliphatic rings. The Labute approximate surface area is 51.2 Å². The number of allylic oxidation sites excluding steroid dienone is 1. The lowest BCUT2D eigenvalue weighted by molar-refractivity contribution is 0.585. The minimum absolute atomic E-state index is 0.838. The first kappa shape index (κ1) is 7.97. The van der Waals surface area contributed by atoms with Crippen molar-refractivity contribution >= 4 is 7.14 Å². The molecule has 0 fully saturated rings. The molecule has 0 heterocycles. The predicted octanol–water partition coefficient (Wildman–Crippen LogP) is 2.53. The van der Waals surface area contributed by atoms with Crippen molar-refractivity contribution in [2.24, 2.45) is 0 Å². The molecule has 0 amide bonds. The van der Waals surface area contributed by atoms with E-state index in [1.54, 1.807) is 13.3 Å². The zero-order valence-corrected chi connectivity index (χ0v) is 6.66. The largest absolute Gasteiger partial charge is 0.320 e. The van der Waals surface area contributed by atoms with E-state index in [0.717, 1.165) is 11.7 Å². The van der Waals surface area contributed by atoms with Crippen molar-refractivity contribution in [3.8, 4) is 0 Å². The summed E-state index contributed by atoms with van der Waals surface area (Å²) >= 11 is 0. The van der Waals surface area contributed by atoms with E-state index < -0.39 is 7.14 Å². The minimum atomic E-state index is -1.95. The fourth-order valence-electron chi connectivity index (χ4n) is 0.381. The second-order valence-corrected chi connectivity index (χ2v) is 5.60. The first-order valence-corrected chi connectivity index (χ1v) is 5.32. The zero-order valence-electron chi connectivity index (χ0n) is 5.77. The van der Waals surface area contributed by atoms with E-state index in [2.05, 4.69) is 6.58 Å². The molecule has 0 rings (SSSR count). The van der Waals surface area contributed by atoms with Crippen LogP contribution >= 0.6 is 7.14 Å². The maximum Gasteiger partial charge on any atom is 0.105 e. The highest BCUT2D eigenvalue weighted by Crippen LogP contribution is 2.46. The summed E-state index contributed by atoms with van der Waals surface area (Å²) in [6.07, 6.45) is 0.838. The van der Waals surface area contributed by atoms with E-state index >= 15 is 0 Å². The third kappa shape index (κ3) is 2.32. The summed E-state index contributed by atoms with van der Waals surface area (Å²) in [6.45, 7) is 9.15. The number of hydrogen-bond acceptors (Lipinski definition) is 1. The van der Waals surface area contributed by atoms with Crippen molar-refractivity contribution in [3.05, 3.63) is 11.9 Å². The van der Waals surface area contributed by atoms with Crippen LogP contribution in [0.5, 0.6) is 0 Å². The molecule has 8 heavy (non-hydrogen) atoms. The van der Waals surface area contributed by atoms with Crippen LogP contribution in [0, 0.1) is 0 Å². The normalized spacial score (nSPS) is 11.4. The lowest BCUT2D eigenvalue weighted by Gasteiger charge is -2.05. The van der Waals surface area contributed by atoms with Gasteiger partial charge in [0.05, 0.1) is 0 Å². The number of rotatable bonds is 2. The van der Waals surface area contributed by atoms with E-state index in [1.165, 1.54) is 0 Å². The summed E-state index contributed by atoms with van der Waals surface area (Å²) in [5, 5.41) is 0.887. The van der Waals surface area contributed by atoms with Gasteiger partial charge in [0.15, 0.2) is 0 Å². The van der Waals surface area contributed by atoms with Gasteiger partial charge in [0.1, 0.15) is 7.14 Å². The van der Waals surface area contributed by atoms with Crippen LogP contribution in [0.4, 0.5) is 0 Å². The van der Waals surface area contributed by atoms with Gasteiger partial charge in [-0.05, 0) is 25.1 Å². The van der Waals surface area contributed by atoms with Gasteiger partial charge in [0.2, 0.25) is 0 Å².